The first kappa shape index (κ1) is 17.9. The summed E-state index contributed by atoms with van der Waals surface area (Å²) in [6, 6.07) is 2.30. The van der Waals surface area contributed by atoms with E-state index in [-0.39, 0.29) is 5.91 Å². The van der Waals surface area contributed by atoms with Gasteiger partial charge in [-0.2, -0.15) is 5.26 Å². The molecule has 23 heavy (non-hydrogen) atoms. The van der Waals surface area contributed by atoms with Crippen molar-refractivity contribution in [2.75, 3.05) is 5.75 Å². The summed E-state index contributed by atoms with van der Waals surface area (Å²) in [7, 11) is 0. The molecule has 1 amide bonds. The number of aryl methyl sites for hydroxylation is 1. The van der Waals surface area contributed by atoms with E-state index >= 15 is 0 Å². The summed E-state index contributed by atoms with van der Waals surface area (Å²) >= 11 is 1.46. The van der Waals surface area contributed by atoms with Crippen LogP contribution < -0.4 is 5.32 Å². The van der Waals surface area contributed by atoms with Gasteiger partial charge in [0.25, 0.3) is 0 Å². The van der Waals surface area contributed by atoms with E-state index in [1.54, 1.807) is 0 Å². The van der Waals surface area contributed by atoms with Crippen molar-refractivity contribution in [3.8, 4) is 6.07 Å². The highest BCUT2D eigenvalue weighted by atomic mass is 32.2. The van der Waals surface area contributed by atoms with Crippen molar-refractivity contribution >= 4 is 17.7 Å². The number of hydrogen-bond donors (Lipinski definition) is 1. The molecule has 0 spiro atoms. The molecule has 0 saturated heterocycles. The van der Waals surface area contributed by atoms with E-state index < -0.39 is 5.54 Å². The number of aromatic nitrogens is 2. The molecule has 1 aromatic heterocycles. The first-order chi connectivity index (χ1) is 10.9. The van der Waals surface area contributed by atoms with Crippen LogP contribution >= 0.6 is 11.8 Å². The molecule has 1 aliphatic carbocycles. The molecule has 0 aromatic carbocycles. The van der Waals surface area contributed by atoms with Gasteiger partial charge in [-0.1, -0.05) is 25.6 Å². The van der Waals surface area contributed by atoms with Gasteiger partial charge in [-0.3, -0.25) is 4.79 Å². The highest BCUT2D eigenvalue weighted by Gasteiger charge is 2.35. The molecule has 1 N–H and O–H groups in total. The number of nitriles is 1. The monoisotopic (exact) mass is 334 g/mol. The molecule has 1 saturated carbocycles. The number of rotatable bonds is 6. The smallest absolute Gasteiger partial charge is 0.231 e. The molecular formula is C17H26N4OS. The second-order valence-corrected chi connectivity index (χ2v) is 7.75. The lowest BCUT2D eigenvalue weighted by Gasteiger charge is -2.21. The summed E-state index contributed by atoms with van der Waals surface area (Å²) in [4.78, 5) is 16.8. The van der Waals surface area contributed by atoms with Crippen molar-refractivity contribution in [3.63, 3.8) is 0 Å². The molecule has 5 nitrogen and oxygen atoms in total. The van der Waals surface area contributed by atoms with E-state index in [1.165, 1.54) is 11.8 Å². The molecule has 0 unspecified atom stereocenters. The van der Waals surface area contributed by atoms with Gasteiger partial charge in [0.1, 0.15) is 5.54 Å². The van der Waals surface area contributed by atoms with Gasteiger partial charge in [-0.25, -0.2) is 4.98 Å². The van der Waals surface area contributed by atoms with Crippen LogP contribution in [0.5, 0.6) is 0 Å². The fourth-order valence-corrected chi connectivity index (χ4v) is 3.89. The topological polar surface area (TPSA) is 70.7 Å². The lowest BCUT2D eigenvalue weighted by atomic mass is 10.0. The third kappa shape index (κ3) is 4.29. The first-order valence-electron chi connectivity index (χ1n) is 8.25. The maximum absolute atomic E-state index is 12.2. The molecule has 0 atom stereocenters. The van der Waals surface area contributed by atoms with Gasteiger partial charge in [0.15, 0.2) is 5.16 Å². The number of carbonyl (C=O) groups is 1. The van der Waals surface area contributed by atoms with E-state index in [2.05, 4.69) is 41.7 Å². The normalized spacial score (nSPS) is 16.5. The molecule has 1 heterocycles. The molecule has 6 heteroatoms. The summed E-state index contributed by atoms with van der Waals surface area (Å²) < 4.78 is 2.19. The Hall–Kier alpha value is -1.48. The molecule has 0 aliphatic heterocycles. The van der Waals surface area contributed by atoms with Crippen LogP contribution in [0.25, 0.3) is 0 Å². The molecule has 0 bridgehead atoms. The highest BCUT2D eigenvalue weighted by molar-refractivity contribution is 7.99. The maximum Gasteiger partial charge on any atom is 0.231 e. The second-order valence-electron chi connectivity index (χ2n) is 6.81. The van der Waals surface area contributed by atoms with Crippen molar-refractivity contribution in [2.24, 2.45) is 5.92 Å². The van der Waals surface area contributed by atoms with Gasteiger partial charge in [0.2, 0.25) is 5.91 Å². The van der Waals surface area contributed by atoms with Gasteiger partial charge in [-0.15, -0.1) is 0 Å². The lowest BCUT2D eigenvalue weighted by Crippen LogP contribution is -2.45. The van der Waals surface area contributed by atoms with Crippen molar-refractivity contribution < 1.29 is 4.79 Å². The standard InChI is InChI=1S/C17H26N4OS/c1-12(2)9-21-14(4)13(3)19-16(21)23-10-15(22)20-17(11-18)7-5-6-8-17/h12H,5-10H2,1-4H3,(H,20,22). The van der Waals surface area contributed by atoms with Crippen molar-refractivity contribution in [3.05, 3.63) is 11.4 Å². The second kappa shape index (κ2) is 7.39. The Labute approximate surface area is 142 Å². The van der Waals surface area contributed by atoms with E-state index in [9.17, 15) is 10.1 Å². The predicted molar refractivity (Wildman–Crippen MR) is 92.2 cm³/mol. The van der Waals surface area contributed by atoms with Crippen LogP contribution in [0.15, 0.2) is 5.16 Å². The molecule has 1 aliphatic rings. The molecule has 2 rings (SSSR count). The number of amides is 1. The van der Waals surface area contributed by atoms with E-state index in [1.807, 2.05) is 6.92 Å². The van der Waals surface area contributed by atoms with E-state index in [4.69, 9.17) is 0 Å². The van der Waals surface area contributed by atoms with Gasteiger partial charge in [-0.05, 0) is 45.4 Å². The van der Waals surface area contributed by atoms with Gasteiger partial charge in [0, 0.05) is 12.2 Å². The molecule has 1 aromatic rings. The number of nitrogens with one attached hydrogen (secondary N) is 1. The van der Waals surface area contributed by atoms with Crippen molar-refractivity contribution in [2.45, 2.75) is 70.6 Å². The predicted octanol–water partition coefficient (Wildman–Crippen LogP) is 3.20. The first-order valence-corrected chi connectivity index (χ1v) is 9.24. The third-order valence-corrected chi connectivity index (χ3v) is 5.33. The number of thioether (sulfide) groups is 1. The van der Waals surface area contributed by atoms with Crippen LogP contribution in [0.4, 0.5) is 0 Å². The summed E-state index contributed by atoms with van der Waals surface area (Å²) in [5.74, 6) is 0.751. The largest absolute Gasteiger partial charge is 0.337 e. The molecule has 126 valence electrons. The van der Waals surface area contributed by atoms with Gasteiger partial charge < -0.3 is 9.88 Å². The Morgan fingerprint density at radius 3 is 2.65 bits per heavy atom. The summed E-state index contributed by atoms with van der Waals surface area (Å²) in [6.07, 6.45) is 3.55. The fraction of sp³-hybridized carbons (Fsp3) is 0.706. The Morgan fingerprint density at radius 1 is 1.43 bits per heavy atom. The minimum atomic E-state index is -0.642. The number of carbonyl (C=O) groups excluding carboxylic acids is 1. The zero-order chi connectivity index (χ0) is 17.0. The third-order valence-electron chi connectivity index (χ3n) is 4.35. The zero-order valence-electron chi connectivity index (χ0n) is 14.5. The number of imidazole rings is 1. The molecular weight excluding hydrogens is 308 g/mol. The van der Waals surface area contributed by atoms with Gasteiger partial charge in [0.05, 0.1) is 17.5 Å². The Morgan fingerprint density at radius 2 is 2.09 bits per heavy atom. The number of hydrogen-bond acceptors (Lipinski definition) is 4. The SMILES string of the molecule is Cc1nc(SCC(=O)NC2(C#N)CCCC2)n(CC(C)C)c1C. The van der Waals surface area contributed by atoms with Crippen LogP contribution in [-0.2, 0) is 11.3 Å². The minimum absolute atomic E-state index is 0.0761. The molecule has 0 radical (unpaired) electrons. The minimum Gasteiger partial charge on any atom is -0.337 e. The summed E-state index contributed by atoms with van der Waals surface area (Å²) in [6.45, 7) is 9.32. The quantitative estimate of drug-likeness (QED) is 0.811. The van der Waals surface area contributed by atoms with Crippen molar-refractivity contribution in [1.29, 1.82) is 5.26 Å². The maximum atomic E-state index is 12.2. The van der Waals surface area contributed by atoms with E-state index in [0.717, 1.165) is 48.8 Å². The van der Waals surface area contributed by atoms with Crippen LogP contribution in [0.3, 0.4) is 0 Å². The zero-order valence-corrected chi connectivity index (χ0v) is 15.3. The Kier molecular flexibility index (Phi) is 5.74. The summed E-state index contributed by atoms with van der Waals surface area (Å²) in [5.41, 5.74) is 1.53. The van der Waals surface area contributed by atoms with Crippen molar-refractivity contribution in [1.82, 2.24) is 14.9 Å². The molecule has 1 fully saturated rings. The van der Waals surface area contributed by atoms with E-state index in [0.29, 0.717) is 11.7 Å². The highest BCUT2D eigenvalue weighted by Crippen LogP contribution is 2.29. The fourth-order valence-electron chi connectivity index (χ4n) is 2.99. The van der Waals surface area contributed by atoms with Crippen LogP contribution in [0.2, 0.25) is 0 Å². The Balaban J connectivity index is 1.99. The van der Waals surface area contributed by atoms with Crippen LogP contribution in [0, 0.1) is 31.1 Å². The lowest BCUT2D eigenvalue weighted by molar-refractivity contribution is -0.119. The Bertz CT molecular complexity index is 609. The number of nitrogens with zero attached hydrogens (tertiary/aromatic N) is 3. The van der Waals surface area contributed by atoms with Crippen LogP contribution in [0.1, 0.15) is 50.9 Å². The van der Waals surface area contributed by atoms with Crippen LogP contribution in [-0.4, -0.2) is 26.8 Å². The average Bonchev–Trinajstić information content (AvgIpc) is 3.06. The van der Waals surface area contributed by atoms with Gasteiger partial charge >= 0.3 is 0 Å². The average molecular weight is 334 g/mol. The summed E-state index contributed by atoms with van der Waals surface area (Å²) in [5, 5.41) is 13.2.